The lowest BCUT2D eigenvalue weighted by atomic mass is 9.76. The van der Waals surface area contributed by atoms with Crippen molar-refractivity contribution in [2.45, 2.75) is 46.1 Å². The average Bonchev–Trinajstić information content (AvgIpc) is 2.08. The molecule has 3 atom stereocenters. The quantitative estimate of drug-likeness (QED) is 0.712. The minimum Gasteiger partial charge on any atom is -0.392 e. The van der Waals surface area contributed by atoms with E-state index in [9.17, 15) is 9.90 Å². The Hall–Kier alpha value is -0.370. The summed E-state index contributed by atoms with van der Waals surface area (Å²) in [6.45, 7) is 5.91. The summed E-state index contributed by atoms with van der Waals surface area (Å²) in [5, 5.41) is 9.82. The van der Waals surface area contributed by atoms with Crippen molar-refractivity contribution in [2.75, 3.05) is 0 Å². The zero-order chi connectivity index (χ0) is 10.0. The summed E-state index contributed by atoms with van der Waals surface area (Å²) in [5.74, 6) is 0.530. The predicted molar refractivity (Wildman–Crippen MR) is 52.4 cm³/mol. The van der Waals surface area contributed by atoms with Crippen LogP contribution in [0.15, 0.2) is 0 Å². The Kier molecular flexibility index (Phi) is 3.48. The maximum absolute atomic E-state index is 11.7. The Morgan fingerprint density at radius 3 is 2.54 bits per heavy atom. The molecule has 2 nitrogen and oxygen atoms in total. The van der Waals surface area contributed by atoms with Crippen LogP contribution in [-0.2, 0) is 4.79 Å². The Morgan fingerprint density at radius 2 is 2.00 bits per heavy atom. The van der Waals surface area contributed by atoms with E-state index >= 15 is 0 Å². The maximum atomic E-state index is 11.7. The summed E-state index contributed by atoms with van der Waals surface area (Å²) < 4.78 is 0. The fourth-order valence-electron chi connectivity index (χ4n) is 2.10. The van der Waals surface area contributed by atoms with Crippen LogP contribution in [0, 0.1) is 17.8 Å². The first-order chi connectivity index (χ1) is 6.04. The van der Waals surface area contributed by atoms with E-state index in [-0.39, 0.29) is 23.5 Å². The molecular formula is C11H20O2. The van der Waals surface area contributed by atoms with Crippen molar-refractivity contribution in [1.29, 1.82) is 0 Å². The molecule has 0 saturated heterocycles. The van der Waals surface area contributed by atoms with E-state index < -0.39 is 6.10 Å². The normalized spacial score (nSPS) is 32.2. The van der Waals surface area contributed by atoms with Crippen LogP contribution in [0.4, 0.5) is 0 Å². The van der Waals surface area contributed by atoms with E-state index in [4.69, 9.17) is 0 Å². The topological polar surface area (TPSA) is 37.3 Å². The van der Waals surface area contributed by atoms with Gasteiger partial charge in [0.2, 0.25) is 0 Å². The molecule has 1 fully saturated rings. The van der Waals surface area contributed by atoms with Crippen molar-refractivity contribution < 1.29 is 9.90 Å². The van der Waals surface area contributed by atoms with Gasteiger partial charge < -0.3 is 5.11 Å². The molecular weight excluding hydrogens is 164 g/mol. The highest BCUT2D eigenvalue weighted by atomic mass is 16.3. The number of hydrogen-bond acceptors (Lipinski definition) is 2. The number of rotatable bonds is 2. The highest BCUT2D eigenvalue weighted by Gasteiger charge is 2.34. The first kappa shape index (κ1) is 10.7. The minimum absolute atomic E-state index is 0.0938. The number of aliphatic hydroxyl groups excluding tert-OH is 1. The average molecular weight is 184 g/mol. The van der Waals surface area contributed by atoms with Crippen LogP contribution in [0.1, 0.15) is 40.0 Å². The predicted octanol–water partition coefficient (Wildman–Crippen LogP) is 2.01. The van der Waals surface area contributed by atoms with Gasteiger partial charge in [-0.05, 0) is 18.8 Å². The van der Waals surface area contributed by atoms with Gasteiger partial charge in [-0.1, -0.05) is 27.2 Å². The molecule has 1 rings (SSSR count). The van der Waals surface area contributed by atoms with Gasteiger partial charge in [0.15, 0.2) is 0 Å². The fraction of sp³-hybridized carbons (Fsp3) is 0.909. The number of aliphatic hydroxyl groups is 1. The van der Waals surface area contributed by atoms with E-state index in [1.54, 1.807) is 0 Å². The summed E-state index contributed by atoms with van der Waals surface area (Å²) in [5.41, 5.74) is 0. The first-order valence-corrected chi connectivity index (χ1v) is 5.25. The SMILES string of the molecule is CC1CCCC(C(O)C(C)C)C1=O. The molecule has 3 unspecified atom stereocenters. The zero-order valence-electron chi connectivity index (χ0n) is 8.79. The summed E-state index contributed by atoms with van der Waals surface area (Å²) in [7, 11) is 0. The largest absolute Gasteiger partial charge is 0.392 e. The lowest BCUT2D eigenvalue weighted by Crippen LogP contribution is -2.37. The molecule has 1 aliphatic rings. The highest BCUT2D eigenvalue weighted by molar-refractivity contribution is 5.84. The van der Waals surface area contributed by atoms with Gasteiger partial charge in [0, 0.05) is 11.8 Å². The summed E-state index contributed by atoms with van der Waals surface area (Å²) in [6, 6.07) is 0. The van der Waals surface area contributed by atoms with Crippen molar-refractivity contribution in [3.05, 3.63) is 0 Å². The van der Waals surface area contributed by atoms with E-state index in [1.807, 2.05) is 20.8 Å². The molecule has 0 spiro atoms. The van der Waals surface area contributed by atoms with Crippen LogP contribution in [0.2, 0.25) is 0 Å². The molecule has 0 heterocycles. The Labute approximate surface area is 80.3 Å². The van der Waals surface area contributed by atoms with E-state index in [0.717, 1.165) is 19.3 Å². The Morgan fingerprint density at radius 1 is 1.38 bits per heavy atom. The molecule has 1 N–H and O–H groups in total. The molecule has 0 aromatic rings. The number of Topliss-reactive ketones (excluding diaryl/α,β-unsaturated/α-hetero) is 1. The van der Waals surface area contributed by atoms with Gasteiger partial charge in [-0.25, -0.2) is 0 Å². The molecule has 0 aliphatic heterocycles. The minimum atomic E-state index is -0.435. The fourth-order valence-corrected chi connectivity index (χ4v) is 2.10. The summed E-state index contributed by atoms with van der Waals surface area (Å²) in [4.78, 5) is 11.7. The summed E-state index contributed by atoms with van der Waals surface area (Å²) >= 11 is 0. The molecule has 0 radical (unpaired) electrons. The summed E-state index contributed by atoms with van der Waals surface area (Å²) in [6.07, 6.45) is 2.53. The smallest absolute Gasteiger partial charge is 0.141 e. The zero-order valence-corrected chi connectivity index (χ0v) is 8.79. The van der Waals surface area contributed by atoms with Crippen LogP contribution >= 0.6 is 0 Å². The van der Waals surface area contributed by atoms with Crippen molar-refractivity contribution in [3.8, 4) is 0 Å². The van der Waals surface area contributed by atoms with Crippen molar-refractivity contribution in [2.24, 2.45) is 17.8 Å². The van der Waals surface area contributed by atoms with Crippen LogP contribution in [0.3, 0.4) is 0 Å². The number of hydrogen-bond donors (Lipinski definition) is 1. The van der Waals surface area contributed by atoms with Gasteiger partial charge in [-0.3, -0.25) is 4.79 Å². The van der Waals surface area contributed by atoms with E-state index in [2.05, 4.69) is 0 Å². The third kappa shape index (κ3) is 2.31. The van der Waals surface area contributed by atoms with Crippen molar-refractivity contribution in [1.82, 2.24) is 0 Å². The molecule has 13 heavy (non-hydrogen) atoms. The maximum Gasteiger partial charge on any atom is 0.141 e. The van der Waals surface area contributed by atoms with Gasteiger partial charge in [-0.2, -0.15) is 0 Å². The molecule has 1 saturated carbocycles. The van der Waals surface area contributed by atoms with Gasteiger partial charge in [0.25, 0.3) is 0 Å². The molecule has 76 valence electrons. The molecule has 0 bridgehead atoms. The van der Waals surface area contributed by atoms with E-state index in [0.29, 0.717) is 0 Å². The number of carbonyl (C=O) groups is 1. The van der Waals surface area contributed by atoms with Gasteiger partial charge in [0.05, 0.1) is 6.10 Å². The second-order valence-corrected chi connectivity index (χ2v) is 4.58. The van der Waals surface area contributed by atoms with Crippen LogP contribution in [0.25, 0.3) is 0 Å². The van der Waals surface area contributed by atoms with Crippen molar-refractivity contribution >= 4 is 5.78 Å². The van der Waals surface area contributed by atoms with Gasteiger partial charge in [0.1, 0.15) is 5.78 Å². The van der Waals surface area contributed by atoms with Crippen molar-refractivity contribution in [3.63, 3.8) is 0 Å². The lowest BCUT2D eigenvalue weighted by molar-refractivity contribution is -0.133. The third-order valence-electron chi connectivity index (χ3n) is 3.10. The van der Waals surface area contributed by atoms with Gasteiger partial charge in [-0.15, -0.1) is 0 Å². The molecule has 0 amide bonds. The Balaban J connectivity index is 2.62. The monoisotopic (exact) mass is 184 g/mol. The van der Waals surface area contributed by atoms with Crippen LogP contribution in [0.5, 0.6) is 0 Å². The second-order valence-electron chi connectivity index (χ2n) is 4.58. The van der Waals surface area contributed by atoms with Crippen LogP contribution < -0.4 is 0 Å². The third-order valence-corrected chi connectivity index (χ3v) is 3.10. The Bertz CT molecular complexity index is 187. The molecule has 2 heteroatoms. The molecule has 0 aromatic carbocycles. The molecule has 1 aliphatic carbocycles. The number of carbonyl (C=O) groups excluding carboxylic acids is 1. The van der Waals surface area contributed by atoms with Crippen LogP contribution in [-0.4, -0.2) is 17.0 Å². The van der Waals surface area contributed by atoms with E-state index in [1.165, 1.54) is 0 Å². The second kappa shape index (κ2) is 4.23. The first-order valence-electron chi connectivity index (χ1n) is 5.25. The molecule has 0 aromatic heterocycles. The standard InChI is InChI=1S/C11H20O2/c1-7(2)10(12)9-6-4-5-8(3)11(9)13/h7-10,12H,4-6H2,1-3H3. The highest BCUT2D eigenvalue weighted by Crippen LogP contribution is 2.29. The van der Waals surface area contributed by atoms with Gasteiger partial charge >= 0.3 is 0 Å². The lowest BCUT2D eigenvalue weighted by Gasteiger charge is -2.30. The number of ketones is 1.